The van der Waals surface area contributed by atoms with E-state index in [9.17, 15) is 10.1 Å². The van der Waals surface area contributed by atoms with Crippen molar-refractivity contribution in [3.63, 3.8) is 0 Å². The van der Waals surface area contributed by atoms with Gasteiger partial charge in [0.2, 0.25) is 0 Å². The van der Waals surface area contributed by atoms with E-state index in [2.05, 4.69) is 32.5 Å². The van der Waals surface area contributed by atoms with Gasteiger partial charge >= 0.3 is 0 Å². The molecule has 0 N–H and O–H groups in total. The van der Waals surface area contributed by atoms with E-state index >= 15 is 0 Å². The van der Waals surface area contributed by atoms with Crippen molar-refractivity contribution in [1.82, 2.24) is 33.7 Å². The number of anilines is 1. The third-order valence-electron chi connectivity index (χ3n) is 6.84. The predicted octanol–water partition coefficient (Wildman–Crippen LogP) is 4.28. The molecule has 1 saturated heterocycles. The Bertz CT molecular complexity index is 1820. The molecule has 190 valence electrons. The molecule has 2 unspecified atom stereocenters. The number of halogens is 1. The van der Waals surface area contributed by atoms with Crippen LogP contribution in [-0.4, -0.2) is 46.3 Å². The summed E-state index contributed by atoms with van der Waals surface area (Å²) in [6.45, 7) is 6.57. The first-order valence-corrected chi connectivity index (χ1v) is 12.9. The zero-order chi connectivity index (χ0) is 26.6. The minimum atomic E-state index is -0.503. The van der Waals surface area contributed by atoms with Crippen molar-refractivity contribution in [1.29, 1.82) is 5.26 Å². The second-order valence-electron chi connectivity index (χ2n) is 9.15. The fourth-order valence-electron chi connectivity index (χ4n) is 5.14. The molecule has 0 saturated carbocycles. The third kappa shape index (κ3) is 3.68. The Hall–Kier alpha value is -4.14. The summed E-state index contributed by atoms with van der Waals surface area (Å²) in [6, 6.07) is 9.08. The Labute approximate surface area is 227 Å². The highest BCUT2D eigenvalue weighted by Gasteiger charge is 2.36. The summed E-state index contributed by atoms with van der Waals surface area (Å²) in [5.41, 5.74) is 1.76. The summed E-state index contributed by atoms with van der Waals surface area (Å²) in [5, 5.41) is 15.1. The maximum Gasteiger partial charge on any atom is 0.285 e. The molecule has 12 heteroatoms. The van der Waals surface area contributed by atoms with Gasteiger partial charge in [-0.1, -0.05) is 24.2 Å². The molecule has 38 heavy (non-hydrogen) atoms. The van der Waals surface area contributed by atoms with E-state index in [1.165, 1.54) is 15.4 Å². The molecule has 6 rings (SSSR count). The summed E-state index contributed by atoms with van der Waals surface area (Å²) in [5.74, 6) is 1.50. The zero-order valence-electron chi connectivity index (χ0n) is 20.4. The van der Waals surface area contributed by atoms with Crippen LogP contribution in [0.4, 0.5) is 5.82 Å². The van der Waals surface area contributed by atoms with Crippen molar-refractivity contribution < 1.29 is 0 Å². The van der Waals surface area contributed by atoms with Crippen molar-refractivity contribution >= 4 is 52.3 Å². The number of thiol groups is 1. The molecule has 6 heterocycles. The lowest BCUT2D eigenvalue weighted by molar-refractivity contribution is 0.591. The third-order valence-corrected chi connectivity index (χ3v) is 7.72. The Morgan fingerprint density at radius 3 is 2.87 bits per heavy atom. The summed E-state index contributed by atoms with van der Waals surface area (Å²) < 4.78 is 4.77. The van der Waals surface area contributed by atoms with E-state index in [0.29, 0.717) is 45.6 Å². The number of hydrogen-bond acceptors (Lipinski definition) is 8. The zero-order valence-corrected chi connectivity index (χ0v) is 22.0. The van der Waals surface area contributed by atoms with Crippen LogP contribution < -0.4 is 10.5 Å². The van der Waals surface area contributed by atoms with E-state index in [4.69, 9.17) is 29.3 Å². The molecule has 0 radical (unpaired) electrons. The van der Waals surface area contributed by atoms with Gasteiger partial charge in [-0.25, -0.2) is 24.0 Å². The van der Waals surface area contributed by atoms with Crippen LogP contribution in [0.3, 0.4) is 0 Å². The molecule has 5 aromatic heterocycles. The first-order valence-electron chi connectivity index (χ1n) is 12.0. The molecule has 1 aliphatic rings. The summed E-state index contributed by atoms with van der Waals surface area (Å²) in [4.78, 5) is 29.3. The van der Waals surface area contributed by atoms with Gasteiger partial charge < -0.3 is 9.47 Å². The number of aromatic nitrogens is 7. The van der Waals surface area contributed by atoms with Crippen LogP contribution in [-0.2, 0) is 0 Å². The van der Waals surface area contributed by atoms with Crippen molar-refractivity contribution in [3.8, 4) is 11.9 Å². The number of pyridine rings is 1. The lowest BCUT2D eigenvalue weighted by atomic mass is 10.1. The van der Waals surface area contributed by atoms with Crippen LogP contribution >= 0.6 is 24.2 Å². The van der Waals surface area contributed by atoms with Crippen LogP contribution in [0.2, 0.25) is 5.02 Å². The average molecular weight is 544 g/mol. The molecule has 2 atom stereocenters. The van der Waals surface area contributed by atoms with Crippen LogP contribution in [0, 0.1) is 11.3 Å². The summed E-state index contributed by atoms with van der Waals surface area (Å²) >= 11 is 11.4. The maximum atomic E-state index is 13.7. The number of rotatable bonds is 5. The number of allylic oxidation sites excluding steroid dienone is 1. The minimum absolute atomic E-state index is 0.179. The van der Waals surface area contributed by atoms with Crippen molar-refractivity contribution in [3.05, 3.63) is 82.5 Å². The van der Waals surface area contributed by atoms with Gasteiger partial charge in [-0.2, -0.15) is 23.0 Å². The number of hydrogen-bond donors (Lipinski definition) is 1. The van der Waals surface area contributed by atoms with E-state index in [1.54, 1.807) is 41.4 Å². The first kappa shape index (κ1) is 24.2. The van der Waals surface area contributed by atoms with Gasteiger partial charge in [0.15, 0.2) is 11.5 Å². The first-order chi connectivity index (χ1) is 18.4. The van der Waals surface area contributed by atoms with Gasteiger partial charge in [0.25, 0.3) is 5.56 Å². The lowest BCUT2D eigenvalue weighted by Crippen LogP contribution is -2.37. The summed E-state index contributed by atoms with van der Waals surface area (Å²) in [7, 11) is 0. The van der Waals surface area contributed by atoms with Gasteiger partial charge in [0.1, 0.15) is 29.5 Å². The normalized spacial score (nSPS) is 16.3. The SMILES string of the molecule is C=C(C)n1cc(C#N)c2c(N3CCCC3C(S)c3nn4ccc(Cl)c4c(=O)n3-c3ccccn3)ncnc21. The van der Waals surface area contributed by atoms with Crippen molar-refractivity contribution in [2.24, 2.45) is 0 Å². The monoisotopic (exact) mass is 543 g/mol. The van der Waals surface area contributed by atoms with Crippen LogP contribution in [0.25, 0.3) is 28.1 Å². The topological polar surface area (TPSA) is 110 Å². The van der Waals surface area contributed by atoms with Gasteiger partial charge in [0.05, 0.1) is 21.2 Å². The highest BCUT2D eigenvalue weighted by Crippen LogP contribution is 2.39. The quantitative estimate of drug-likeness (QED) is 0.329. The fourth-order valence-corrected chi connectivity index (χ4v) is 5.84. The maximum absolute atomic E-state index is 13.7. The van der Waals surface area contributed by atoms with Gasteiger partial charge in [0, 0.05) is 36.9 Å². The Balaban J connectivity index is 1.52. The smallest absolute Gasteiger partial charge is 0.285 e. The Morgan fingerprint density at radius 2 is 2.13 bits per heavy atom. The number of nitriles is 1. The van der Waals surface area contributed by atoms with Crippen molar-refractivity contribution in [2.45, 2.75) is 31.1 Å². The molecule has 10 nitrogen and oxygen atoms in total. The van der Waals surface area contributed by atoms with Gasteiger partial charge in [-0.15, -0.1) is 0 Å². The fraction of sp³-hybridized carbons (Fsp3) is 0.231. The van der Waals surface area contributed by atoms with E-state index in [0.717, 1.165) is 18.5 Å². The molecule has 1 fully saturated rings. The molecular weight excluding hydrogens is 522 g/mol. The highest BCUT2D eigenvalue weighted by atomic mass is 35.5. The van der Waals surface area contributed by atoms with E-state index in [-0.39, 0.29) is 17.1 Å². The second kappa shape index (κ2) is 9.31. The number of fused-ring (bicyclic) bond motifs is 2. The molecule has 5 aromatic rings. The predicted molar refractivity (Wildman–Crippen MR) is 149 cm³/mol. The molecule has 0 bridgehead atoms. The van der Waals surface area contributed by atoms with Crippen LogP contribution in [0.5, 0.6) is 0 Å². The molecule has 0 amide bonds. The average Bonchev–Trinajstić information content (AvgIpc) is 3.65. The van der Waals surface area contributed by atoms with Gasteiger partial charge in [-0.05, 0) is 38.0 Å². The summed E-state index contributed by atoms with van der Waals surface area (Å²) in [6.07, 6.45) is 8.17. The van der Waals surface area contributed by atoms with Crippen LogP contribution in [0.1, 0.15) is 36.4 Å². The second-order valence-corrected chi connectivity index (χ2v) is 10.1. The molecule has 0 aliphatic carbocycles. The standard InChI is InChI=1S/C26H22ClN9OS/c1-15(2)34-13-16(12-28)20-23(30-14-31-24(20)34)33-10-5-6-18(33)22(38)25-32-35-11-8-17(27)21(35)26(37)36(25)19-7-3-4-9-29-19/h3-4,7-9,11,13-14,18,22,38H,1,5-6,10H2,2H3. The van der Waals surface area contributed by atoms with E-state index in [1.807, 2.05) is 13.0 Å². The Morgan fingerprint density at radius 1 is 1.29 bits per heavy atom. The minimum Gasteiger partial charge on any atom is -0.351 e. The Kier molecular flexibility index (Phi) is 5.93. The molecule has 1 aliphatic heterocycles. The molecule has 0 aromatic carbocycles. The van der Waals surface area contributed by atoms with Crippen LogP contribution in [0.15, 0.2) is 60.6 Å². The molecule has 0 spiro atoms. The van der Waals surface area contributed by atoms with Gasteiger partial charge in [-0.3, -0.25) is 4.79 Å². The highest BCUT2D eigenvalue weighted by molar-refractivity contribution is 7.80. The largest absolute Gasteiger partial charge is 0.351 e. The molecular formula is C26H22ClN9OS. The lowest BCUT2D eigenvalue weighted by Gasteiger charge is -2.31. The number of nitrogens with zero attached hydrogens (tertiary/aromatic N) is 9. The van der Waals surface area contributed by atoms with Crippen molar-refractivity contribution in [2.75, 3.05) is 11.4 Å². The van der Waals surface area contributed by atoms with E-state index < -0.39 is 5.25 Å².